The number of nitrogens with one attached hydrogen (secondary N) is 1. The molecule has 3 aromatic rings. The molecule has 1 N–H and O–H groups in total. The van der Waals surface area contributed by atoms with Crippen LogP contribution in [0.15, 0.2) is 59.8 Å². The van der Waals surface area contributed by atoms with Gasteiger partial charge in [-0.2, -0.15) is 4.98 Å². The van der Waals surface area contributed by atoms with E-state index in [-0.39, 0.29) is 16.9 Å². The third-order valence-electron chi connectivity index (χ3n) is 6.00. The number of aromatic nitrogens is 3. The molecule has 0 fully saturated rings. The largest absolute Gasteiger partial charge is 0.328 e. The summed E-state index contributed by atoms with van der Waals surface area (Å²) < 4.78 is 1.69. The fourth-order valence-electron chi connectivity index (χ4n) is 4.63. The number of rotatable bonds is 3. The minimum absolute atomic E-state index is 0.0210. The number of Topliss-reactive ketones (excluding diaryl/α,β-unsaturated/α-hetero) is 1. The minimum Gasteiger partial charge on any atom is -0.328 e. The van der Waals surface area contributed by atoms with Crippen molar-refractivity contribution in [3.8, 4) is 11.4 Å². The standard InChI is InChI=1S/C24H23N5O3/c1-14-6-4-8-16(10-14)22-26-23-25-18-12-24(2,3)13-19(30)20(18)21(28(23)27-22)15-7-5-9-17(11-15)29(31)32/h4-11,21H,12-13H2,1-3H3,(H,25,26,27). The lowest BCUT2D eigenvalue weighted by Crippen LogP contribution is -2.36. The van der Waals surface area contributed by atoms with Gasteiger partial charge in [-0.05, 0) is 30.4 Å². The highest BCUT2D eigenvalue weighted by Gasteiger charge is 2.42. The first kappa shape index (κ1) is 20.1. The predicted octanol–water partition coefficient (Wildman–Crippen LogP) is 4.82. The van der Waals surface area contributed by atoms with Gasteiger partial charge in [0.1, 0.15) is 6.04 Å². The Labute approximate surface area is 185 Å². The number of aryl methyl sites for hydroxylation is 1. The van der Waals surface area contributed by atoms with Crippen LogP contribution in [0.4, 0.5) is 11.6 Å². The molecule has 0 saturated heterocycles. The van der Waals surface area contributed by atoms with Crippen LogP contribution in [0.5, 0.6) is 0 Å². The number of carbonyl (C=O) groups is 1. The number of nitrogens with zero attached hydrogens (tertiary/aromatic N) is 4. The summed E-state index contributed by atoms with van der Waals surface area (Å²) in [6.45, 7) is 6.14. The number of benzene rings is 2. The maximum Gasteiger partial charge on any atom is 0.269 e. The number of hydrogen-bond donors (Lipinski definition) is 1. The van der Waals surface area contributed by atoms with E-state index in [0.717, 1.165) is 16.8 Å². The lowest BCUT2D eigenvalue weighted by Gasteiger charge is -2.38. The molecule has 0 saturated carbocycles. The Morgan fingerprint density at radius 1 is 1.16 bits per heavy atom. The molecular formula is C24H23N5O3. The number of anilines is 1. The Bertz CT molecular complexity index is 1300. The van der Waals surface area contributed by atoms with Gasteiger partial charge in [-0.1, -0.05) is 49.7 Å². The first-order valence-corrected chi connectivity index (χ1v) is 10.5. The summed E-state index contributed by atoms with van der Waals surface area (Å²) in [5, 5.41) is 19.5. The number of nitro benzene ring substituents is 1. The summed E-state index contributed by atoms with van der Waals surface area (Å²) in [6.07, 6.45) is 1.10. The van der Waals surface area contributed by atoms with E-state index in [1.165, 1.54) is 12.1 Å². The van der Waals surface area contributed by atoms with Gasteiger partial charge in [0.05, 0.1) is 4.92 Å². The van der Waals surface area contributed by atoms with E-state index < -0.39 is 11.0 Å². The van der Waals surface area contributed by atoms with E-state index in [0.29, 0.717) is 35.8 Å². The molecule has 162 valence electrons. The Hall–Kier alpha value is -3.81. The van der Waals surface area contributed by atoms with Gasteiger partial charge in [-0.15, -0.1) is 5.10 Å². The van der Waals surface area contributed by atoms with Crippen LogP contribution in [-0.2, 0) is 4.79 Å². The number of nitro groups is 1. The molecule has 1 aromatic heterocycles. The second-order valence-corrected chi connectivity index (χ2v) is 9.29. The topological polar surface area (TPSA) is 103 Å². The quantitative estimate of drug-likeness (QED) is 0.473. The van der Waals surface area contributed by atoms with Gasteiger partial charge >= 0.3 is 0 Å². The molecule has 0 spiro atoms. The molecule has 5 rings (SSSR count). The summed E-state index contributed by atoms with van der Waals surface area (Å²) >= 11 is 0. The van der Waals surface area contributed by atoms with Crippen molar-refractivity contribution < 1.29 is 9.72 Å². The normalized spacial score (nSPS) is 19.2. The molecule has 1 aliphatic carbocycles. The second kappa shape index (κ2) is 7.12. The molecule has 8 nitrogen and oxygen atoms in total. The Balaban J connectivity index is 1.70. The van der Waals surface area contributed by atoms with Crippen molar-refractivity contribution in [3.05, 3.63) is 81.0 Å². The number of non-ortho nitro benzene ring substituents is 1. The van der Waals surface area contributed by atoms with Crippen LogP contribution < -0.4 is 5.32 Å². The average Bonchev–Trinajstić information content (AvgIpc) is 3.15. The van der Waals surface area contributed by atoms with Gasteiger partial charge in [0.2, 0.25) is 5.95 Å². The van der Waals surface area contributed by atoms with E-state index in [9.17, 15) is 14.9 Å². The maximum atomic E-state index is 13.3. The molecule has 2 aromatic carbocycles. The predicted molar refractivity (Wildman–Crippen MR) is 120 cm³/mol. The summed E-state index contributed by atoms with van der Waals surface area (Å²) in [6, 6.07) is 13.7. The Kier molecular flexibility index (Phi) is 4.47. The number of hydrogen-bond acceptors (Lipinski definition) is 6. The SMILES string of the molecule is Cc1cccc(-c2nc3n(n2)C(c2cccc([N+](=O)[O-])c2)C2=C(CC(C)(C)CC2=O)N3)c1. The molecule has 0 bridgehead atoms. The highest BCUT2D eigenvalue weighted by Crippen LogP contribution is 2.46. The highest BCUT2D eigenvalue weighted by atomic mass is 16.6. The zero-order chi connectivity index (χ0) is 22.6. The number of allylic oxidation sites excluding steroid dienone is 2. The number of carbonyl (C=O) groups excluding carboxylic acids is 1. The molecule has 1 unspecified atom stereocenters. The molecule has 1 atom stereocenters. The lowest BCUT2D eigenvalue weighted by molar-refractivity contribution is -0.384. The molecule has 1 aliphatic heterocycles. The maximum absolute atomic E-state index is 13.3. The lowest BCUT2D eigenvalue weighted by atomic mass is 9.73. The van der Waals surface area contributed by atoms with E-state index >= 15 is 0 Å². The van der Waals surface area contributed by atoms with Crippen LogP contribution in [-0.4, -0.2) is 25.5 Å². The molecule has 0 radical (unpaired) electrons. The van der Waals surface area contributed by atoms with Crippen molar-refractivity contribution in [2.24, 2.45) is 5.41 Å². The number of ketones is 1. The van der Waals surface area contributed by atoms with Gasteiger partial charge in [0.15, 0.2) is 11.6 Å². The highest BCUT2D eigenvalue weighted by molar-refractivity contribution is 6.00. The van der Waals surface area contributed by atoms with Crippen LogP contribution in [0.25, 0.3) is 11.4 Å². The molecule has 32 heavy (non-hydrogen) atoms. The first-order valence-electron chi connectivity index (χ1n) is 10.5. The van der Waals surface area contributed by atoms with E-state index in [2.05, 4.69) is 19.2 Å². The molecular weight excluding hydrogens is 406 g/mol. The van der Waals surface area contributed by atoms with Gasteiger partial charge < -0.3 is 5.32 Å². The Morgan fingerprint density at radius 2 is 1.94 bits per heavy atom. The third-order valence-corrected chi connectivity index (χ3v) is 6.00. The van der Waals surface area contributed by atoms with Crippen molar-refractivity contribution in [2.75, 3.05) is 5.32 Å². The zero-order valence-electron chi connectivity index (χ0n) is 18.1. The first-order chi connectivity index (χ1) is 15.2. The molecule has 0 amide bonds. The van der Waals surface area contributed by atoms with Gasteiger partial charge in [-0.25, -0.2) is 4.68 Å². The van der Waals surface area contributed by atoms with Gasteiger partial charge in [0, 0.05) is 35.4 Å². The zero-order valence-corrected chi connectivity index (χ0v) is 18.1. The fraction of sp³-hybridized carbons (Fsp3) is 0.292. The van der Waals surface area contributed by atoms with E-state index in [1.807, 2.05) is 31.2 Å². The van der Waals surface area contributed by atoms with Crippen molar-refractivity contribution in [1.29, 1.82) is 0 Å². The summed E-state index contributed by atoms with van der Waals surface area (Å²) in [5.74, 6) is 1.10. The molecule has 2 heterocycles. The van der Waals surface area contributed by atoms with E-state index in [4.69, 9.17) is 10.1 Å². The molecule has 2 aliphatic rings. The van der Waals surface area contributed by atoms with Gasteiger partial charge in [-0.3, -0.25) is 14.9 Å². The fourth-order valence-corrected chi connectivity index (χ4v) is 4.63. The van der Waals surface area contributed by atoms with Crippen LogP contribution in [0.2, 0.25) is 0 Å². The van der Waals surface area contributed by atoms with Crippen molar-refractivity contribution in [2.45, 2.75) is 39.7 Å². The summed E-state index contributed by atoms with van der Waals surface area (Å²) in [7, 11) is 0. The van der Waals surface area contributed by atoms with Crippen LogP contribution in [0.1, 0.15) is 43.9 Å². The van der Waals surface area contributed by atoms with E-state index in [1.54, 1.807) is 16.8 Å². The summed E-state index contributed by atoms with van der Waals surface area (Å²) in [5.41, 5.74) is 3.83. The average molecular weight is 429 g/mol. The van der Waals surface area contributed by atoms with Crippen molar-refractivity contribution in [3.63, 3.8) is 0 Å². The third kappa shape index (κ3) is 3.37. The second-order valence-electron chi connectivity index (χ2n) is 9.29. The van der Waals surface area contributed by atoms with Crippen LogP contribution in [0, 0.1) is 22.5 Å². The summed E-state index contributed by atoms with van der Waals surface area (Å²) in [4.78, 5) is 29.0. The smallest absolute Gasteiger partial charge is 0.269 e. The van der Waals surface area contributed by atoms with Gasteiger partial charge in [0.25, 0.3) is 5.69 Å². The van der Waals surface area contributed by atoms with Crippen LogP contribution >= 0.6 is 0 Å². The molecule has 8 heteroatoms. The Morgan fingerprint density at radius 3 is 2.69 bits per heavy atom. The number of fused-ring (bicyclic) bond motifs is 1. The van der Waals surface area contributed by atoms with Crippen molar-refractivity contribution >= 4 is 17.4 Å². The van der Waals surface area contributed by atoms with Crippen molar-refractivity contribution in [1.82, 2.24) is 14.8 Å². The van der Waals surface area contributed by atoms with Crippen LogP contribution in [0.3, 0.4) is 0 Å². The monoisotopic (exact) mass is 429 g/mol. The minimum atomic E-state index is -0.573.